The van der Waals surface area contributed by atoms with Crippen LogP contribution in [0.3, 0.4) is 0 Å². The van der Waals surface area contributed by atoms with Crippen LogP contribution < -0.4 is 5.32 Å². The Morgan fingerprint density at radius 3 is 2.52 bits per heavy atom. The van der Waals surface area contributed by atoms with Crippen molar-refractivity contribution in [3.8, 4) is 0 Å². The number of ether oxygens (including phenoxy) is 1. The molecule has 1 unspecified atom stereocenters. The second kappa shape index (κ2) is 15.1. The molecule has 1 aliphatic heterocycles. The molecule has 2 fully saturated rings. The molecule has 218 valence electrons. The predicted octanol–water partition coefficient (Wildman–Crippen LogP) is 6.35. The number of hydrogen-bond acceptors (Lipinski definition) is 6. The first-order chi connectivity index (χ1) is 19.3. The van der Waals surface area contributed by atoms with Crippen molar-refractivity contribution >= 4 is 18.5 Å². The number of benzene rings is 1. The smallest absolute Gasteiger partial charge is 0.222 e. The Morgan fingerprint density at radius 1 is 1.23 bits per heavy atom. The summed E-state index contributed by atoms with van der Waals surface area (Å²) in [7, 11) is 1.69. The summed E-state index contributed by atoms with van der Waals surface area (Å²) in [4.78, 5) is 17.8. The van der Waals surface area contributed by atoms with Crippen LogP contribution in [0.25, 0.3) is 0 Å². The summed E-state index contributed by atoms with van der Waals surface area (Å²) in [5, 5.41) is 3.35. The van der Waals surface area contributed by atoms with Gasteiger partial charge in [-0.25, -0.2) is 18.7 Å². The van der Waals surface area contributed by atoms with Crippen LogP contribution in [0.5, 0.6) is 0 Å². The van der Waals surface area contributed by atoms with Gasteiger partial charge in [-0.3, -0.25) is 14.9 Å². The topological polar surface area (TPSA) is 75.0 Å². The van der Waals surface area contributed by atoms with Crippen molar-refractivity contribution in [1.29, 1.82) is 0 Å². The van der Waals surface area contributed by atoms with Crippen molar-refractivity contribution in [2.75, 3.05) is 38.6 Å². The summed E-state index contributed by atoms with van der Waals surface area (Å²) in [5.41, 5.74) is 0.865. The quantitative estimate of drug-likeness (QED) is 0.210. The summed E-state index contributed by atoms with van der Waals surface area (Å²) in [6.45, 7) is 13.0. The second-order valence-electron chi connectivity index (χ2n) is 10.8. The summed E-state index contributed by atoms with van der Waals surface area (Å²) in [6.07, 6.45) is 13.6. The van der Waals surface area contributed by atoms with Crippen molar-refractivity contribution in [1.82, 2.24) is 14.9 Å². The number of anilines is 1. The Bertz CT molecular complexity index is 1120. The molecule has 7 nitrogen and oxygen atoms in total. The molecular weight excluding hydrogens is 510 g/mol. The van der Waals surface area contributed by atoms with Gasteiger partial charge in [0.25, 0.3) is 0 Å². The van der Waals surface area contributed by atoms with Gasteiger partial charge in [0, 0.05) is 44.6 Å². The fourth-order valence-corrected chi connectivity index (χ4v) is 5.67. The van der Waals surface area contributed by atoms with E-state index in [-0.39, 0.29) is 11.2 Å². The third kappa shape index (κ3) is 8.48. The zero-order valence-corrected chi connectivity index (χ0v) is 24.4. The molecule has 2 aliphatic rings. The second-order valence-corrected chi connectivity index (χ2v) is 10.8. The maximum absolute atomic E-state index is 15.0. The molecule has 1 atom stereocenters. The van der Waals surface area contributed by atoms with E-state index in [1.807, 2.05) is 26.0 Å². The molecule has 1 aromatic carbocycles. The first-order valence-corrected chi connectivity index (χ1v) is 14.2. The lowest BCUT2D eigenvalue weighted by atomic mass is 9.72. The van der Waals surface area contributed by atoms with Crippen molar-refractivity contribution in [3.05, 3.63) is 66.0 Å². The van der Waals surface area contributed by atoms with Gasteiger partial charge in [-0.05, 0) is 76.0 Å². The number of aromatic nitrogens is 2. The molecule has 1 spiro atoms. The molecule has 0 bridgehead atoms. The summed E-state index contributed by atoms with van der Waals surface area (Å²) in [5.74, 6) is -0.179. The molecular formula is C31H44F2N6O. The normalized spacial score (nSPS) is 22.8. The summed E-state index contributed by atoms with van der Waals surface area (Å²) in [6, 6.07) is 5.67. The number of nitrogens with one attached hydrogen (secondary N) is 1. The van der Waals surface area contributed by atoms with Gasteiger partial charge in [-0.15, -0.1) is 0 Å². The molecule has 1 N–H and O–H groups in total. The Kier molecular flexibility index (Phi) is 11.9. The van der Waals surface area contributed by atoms with E-state index in [9.17, 15) is 4.39 Å². The van der Waals surface area contributed by atoms with Crippen molar-refractivity contribution in [2.24, 2.45) is 15.4 Å². The lowest BCUT2D eigenvalue weighted by Gasteiger charge is -2.39. The van der Waals surface area contributed by atoms with E-state index in [2.05, 4.69) is 43.7 Å². The van der Waals surface area contributed by atoms with E-state index in [4.69, 9.17) is 4.74 Å². The average molecular weight is 555 g/mol. The van der Waals surface area contributed by atoms with Crippen LogP contribution in [0.4, 0.5) is 14.7 Å². The van der Waals surface area contributed by atoms with Crippen LogP contribution in [0.15, 0.2) is 53.2 Å². The van der Waals surface area contributed by atoms with Crippen LogP contribution in [-0.2, 0) is 10.3 Å². The number of nitrogens with zero attached hydrogens (tertiary/aromatic N) is 5. The molecule has 1 aliphatic carbocycles. The Labute approximate surface area is 237 Å². The van der Waals surface area contributed by atoms with Crippen molar-refractivity contribution in [2.45, 2.75) is 70.9 Å². The maximum Gasteiger partial charge on any atom is 0.222 e. The highest BCUT2D eigenvalue weighted by molar-refractivity contribution is 5.70. The van der Waals surface area contributed by atoms with Crippen LogP contribution in [0, 0.1) is 24.0 Å². The summed E-state index contributed by atoms with van der Waals surface area (Å²) < 4.78 is 34.4. The summed E-state index contributed by atoms with van der Waals surface area (Å²) >= 11 is 0. The lowest BCUT2D eigenvalue weighted by molar-refractivity contribution is -0.0364. The number of aliphatic imine (C=N–C) groups is 2. The zero-order chi connectivity index (χ0) is 29.0. The van der Waals surface area contributed by atoms with Crippen LogP contribution >= 0.6 is 0 Å². The molecule has 9 heteroatoms. The molecule has 40 heavy (non-hydrogen) atoms. The fourth-order valence-electron chi connectivity index (χ4n) is 5.67. The predicted molar refractivity (Wildman–Crippen MR) is 159 cm³/mol. The van der Waals surface area contributed by atoms with E-state index >= 15 is 4.39 Å². The minimum absolute atomic E-state index is 0.237. The molecule has 1 saturated heterocycles. The Morgan fingerprint density at radius 2 is 1.95 bits per heavy atom. The maximum atomic E-state index is 15.0. The van der Waals surface area contributed by atoms with E-state index in [1.165, 1.54) is 18.7 Å². The van der Waals surface area contributed by atoms with Crippen LogP contribution in [-0.4, -0.2) is 66.8 Å². The zero-order valence-electron chi connectivity index (χ0n) is 24.4. The van der Waals surface area contributed by atoms with Gasteiger partial charge in [0.05, 0.1) is 12.4 Å². The van der Waals surface area contributed by atoms with E-state index < -0.39 is 11.4 Å². The van der Waals surface area contributed by atoms with E-state index in [0.29, 0.717) is 30.7 Å². The van der Waals surface area contributed by atoms with Crippen LogP contribution in [0.1, 0.15) is 63.5 Å². The molecule has 0 radical (unpaired) electrons. The highest BCUT2D eigenvalue weighted by Crippen LogP contribution is 2.45. The number of halogens is 2. The molecule has 4 rings (SSSR count). The number of likely N-dealkylation sites (tertiary alicyclic amines) is 1. The van der Waals surface area contributed by atoms with Crippen molar-refractivity contribution in [3.63, 3.8) is 0 Å². The van der Waals surface area contributed by atoms with Crippen LogP contribution in [0.2, 0.25) is 0 Å². The van der Waals surface area contributed by atoms with Gasteiger partial charge in [0.15, 0.2) is 5.82 Å². The molecule has 0 amide bonds. The standard InChI is InChI=1S/C27H36F2N4O.C4H8N2/c1-4-14-34-27(5-2,23-7-6-20(3)15-24(23)29)19-33-13-12-26(18-33)10-8-22(9-11-26)32-25-30-16-21(28)17-31-25;1-3-6-4-5-2/h5-7,15-17,22H,2,4,8-14,18-19H2,1,3H3,(H,30,31,32);3-4H,1-2H3. The first-order valence-electron chi connectivity index (χ1n) is 14.2. The van der Waals surface area contributed by atoms with Crippen molar-refractivity contribution < 1.29 is 13.5 Å². The van der Waals surface area contributed by atoms with Gasteiger partial charge in [0.2, 0.25) is 5.95 Å². The van der Waals surface area contributed by atoms with Gasteiger partial charge in [-0.2, -0.15) is 0 Å². The fraction of sp³-hybridized carbons (Fsp3) is 0.548. The molecule has 2 aromatic rings. The lowest BCUT2D eigenvalue weighted by Crippen LogP contribution is -2.43. The Balaban J connectivity index is 0.000000663. The van der Waals surface area contributed by atoms with E-state index in [0.717, 1.165) is 57.2 Å². The molecule has 1 saturated carbocycles. The Hall–Kier alpha value is -3.04. The van der Waals surface area contributed by atoms with Gasteiger partial charge >= 0.3 is 0 Å². The largest absolute Gasteiger partial charge is 0.365 e. The monoisotopic (exact) mass is 554 g/mol. The van der Waals surface area contributed by atoms with Gasteiger partial charge in [-0.1, -0.05) is 31.7 Å². The third-order valence-electron chi connectivity index (χ3n) is 7.78. The highest BCUT2D eigenvalue weighted by atomic mass is 19.1. The first kappa shape index (κ1) is 31.5. The molecule has 2 heterocycles. The SMILES string of the molecule is C=CC(CN1CCC2(CCC(Nc3ncc(F)cn3)CC2)C1)(OCCC)c1ccc(C)cc1F.CC=NC=NC. The van der Waals surface area contributed by atoms with E-state index in [1.54, 1.807) is 25.4 Å². The number of aryl methyl sites for hydroxylation is 1. The van der Waals surface area contributed by atoms with Gasteiger partial charge < -0.3 is 10.1 Å². The minimum atomic E-state index is -0.863. The average Bonchev–Trinajstić information content (AvgIpc) is 3.34. The molecule has 1 aromatic heterocycles. The minimum Gasteiger partial charge on any atom is -0.365 e. The highest BCUT2D eigenvalue weighted by Gasteiger charge is 2.44. The number of rotatable bonds is 10. The number of hydrogen-bond donors (Lipinski definition) is 1. The third-order valence-corrected chi connectivity index (χ3v) is 7.78. The van der Waals surface area contributed by atoms with Gasteiger partial charge in [0.1, 0.15) is 17.8 Å².